The zero-order chi connectivity index (χ0) is 12.3. The number of carbonyl (C=O) groups excluding carboxylic acids is 1. The van der Waals surface area contributed by atoms with Crippen molar-refractivity contribution in [3.8, 4) is 0 Å². The van der Waals surface area contributed by atoms with Gasteiger partial charge in [0.25, 0.3) is 0 Å². The van der Waals surface area contributed by atoms with Gasteiger partial charge in [0, 0.05) is 0 Å². The molecule has 0 atom stereocenters. The van der Waals surface area contributed by atoms with Gasteiger partial charge < -0.3 is 0 Å². The molecule has 0 aliphatic carbocycles. The van der Waals surface area contributed by atoms with Gasteiger partial charge in [0.1, 0.15) is 0 Å². The van der Waals surface area contributed by atoms with Crippen molar-refractivity contribution in [1.82, 2.24) is 0 Å². The molecule has 0 bridgehead atoms. The van der Waals surface area contributed by atoms with E-state index < -0.39 is 21.6 Å². The minimum atomic E-state index is -3.04. The number of rotatable bonds is 3. The third-order valence-electron chi connectivity index (χ3n) is 2.50. The molecule has 1 rings (SSSR count). The van der Waals surface area contributed by atoms with E-state index in [0.717, 1.165) is 10.9 Å². The molecule has 0 radical (unpaired) electrons. The van der Waals surface area contributed by atoms with E-state index >= 15 is 0 Å². The topological polar surface area (TPSA) is 26.3 Å². The number of hydrogen-bond donors (Lipinski definition) is 0. The average Bonchev–Trinajstić information content (AvgIpc) is 2.15. The maximum atomic E-state index is 11.1. The number of benzene rings is 1. The Hall–Kier alpha value is 0.0921. The minimum absolute atomic E-state index is 0.159. The van der Waals surface area contributed by atoms with Crippen LogP contribution in [0.15, 0.2) is 22.7 Å². The molecule has 16 heavy (non-hydrogen) atoms. The summed E-state index contributed by atoms with van der Waals surface area (Å²) >= 11 is 0.438. The van der Waals surface area contributed by atoms with E-state index in [4.69, 9.17) is 2.69 Å². The van der Waals surface area contributed by atoms with Gasteiger partial charge in [-0.05, 0) is 0 Å². The summed E-state index contributed by atoms with van der Waals surface area (Å²) in [6.07, 6.45) is 0.979. The van der Waals surface area contributed by atoms with Gasteiger partial charge in [-0.3, -0.25) is 0 Å². The van der Waals surface area contributed by atoms with Crippen LogP contribution in [0.3, 0.4) is 0 Å². The normalized spacial score (nSPS) is 11.3. The summed E-state index contributed by atoms with van der Waals surface area (Å²) < 4.78 is 12.2. The van der Waals surface area contributed by atoms with Crippen molar-refractivity contribution >= 4 is 46.6 Å². The molecular formula is C12H17BrO2Pb. The zero-order valence-corrected chi connectivity index (χ0v) is 15.6. The predicted octanol–water partition coefficient (Wildman–Crippen LogP) is 2.99. The SMILES string of the molecule is CCc1ccc(Br)c[c]1[Pb]([CH3])([CH3])[O]C(C)=O. The van der Waals surface area contributed by atoms with E-state index in [-0.39, 0.29) is 5.97 Å². The molecule has 4 heteroatoms. The first-order chi connectivity index (χ1) is 7.36. The van der Waals surface area contributed by atoms with Gasteiger partial charge in [-0.2, -0.15) is 0 Å². The van der Waals surface area contributed by atoms with Gasteiger partial charge in [-0.15, -0.1) is 0 Å². The van der Waals surface area contributed by atoms with Crippen molar-refractivity contribution in [2.45, 2.75) is 29.2 Å². The van der Waals surface area contributed by atoms with Crippen molar-refractivity contribution in [3.05, 3.63) is 28.2 Å². The Balaban J connectivity index is 3.18. The van der Waals surface area contributed by atoms with Crippen molar-refractivity contribution in [2.24, 2.45) is 0 Å². The summed E-state index contributed by atoms with van der Waals surface area (Å²) in [7, 11) is 0. The fourth-order valence-corrected chi connectivity index (χ4v) is 12.2. The van der Waals surface area contributed by atoms with E-state index in [2.05, 4.69) is 44.0 Å². The van der Waals surface area contributed by atoms with E-state index in [1.54, 1.807) is 0 Å². The van der Waals surface area contributed by atoms with Crippen LogP contribution >= 0.6 is 15.9 Å². The Kier molecular flexibility index (Phi) is 4.97. The van der Waals surface area contributed by atoms with E-state index in [1.165, 1.54) is 15.6 Å². The van der Waals surface area contributed by atoms with Crippen molar-refractivity contribution in [3.63, 3.8) is 0 Å². The van der Waals surface area contributed by atoms with Crippen LogP contribution in [0, 0.1) is 0 Å². The van der Waals surface area contributed by atoms with Gasteiger partial charge in [0.2, 0.25) is 0 Å². The van der Waals surface area contributed by atoms with Gasteiger partial charge in [-0.25, -0.2) is 0 Å². The number of halogens is 1. The molecule has 0 saturated carbocycles. The molecule has 0 aliphatic heterocycles. The maximum absolute atomic E-state index is 11.1. The molecule has 1 aromatic carbocycles. The second-order valence-corrected chi connectivity index (χ2v) is 19.8. The molecule has 0 unspecified atom stereocenters. The molecule has 2 nitrogen and oxygen atoms in total. The summed E-state index contributed by atoms with van der Waals surface area (Å²) in [5.74, 6) is -0.159. The van der Waals surface area contributed by atoms with Crippen LogP contribution in [0.25, 0.3) is 0 Å². The van der Waals surface area contributed by atoms with Crippen LogP contribution in [-0.4, -0.2) is 27.6 Å². The van der Waals surface area contributed by atoms with Gasteiger partial charge in [0.05, 0.1) is 0 Å². The average molecular weight is 480 g/mol. The van der Waals surface area contributed by atoms with Gasteiger partial charge in [0.15, 0.2) is 0 Å². The van der Waals surface area contributed by atoms with E-state index in [9.17, 15) is 4.79 Å². The predicted molar refractivity (Wildman–Crippen MR) is 72.4 cm³/mol. The molecule has 0 amide bonds. The number of aryl methyl sites for hydroxylation is 1. The Morgan fingerprint density at radius 3 is 2.56 bits per heavy atom. The standard InChI is InChI=1S/C8H8Br.C2H4O2.2CH3.Pb/c1-2-7-3-5-8(9)6-4-7;1-2(3)4;;;/h3,5-6H,2H2,1H3;1H3,(H,3,4);2*1H3;/q;;;;+1/p-1. The molecule has 0 spiro atoms. The molecule has 0 heterocycles. The van der Waals surface area contributed by atoms with E-state index in [0.29, 0.717) is 0 Å². The first kappa shape index (κ1) is 14.2. The van der Waals surface area contributed by atoms with Crippen LogP contribution in [0.5, 0.6) is 0 Å². The summed E-state index contributed by atoms with van der Waals surface area (Å²) in [6, 6.07) is 6.27. The van der Waals surface area contributed by atoms with Crippen molar-refractivity contribution in [2.75, 3.05) is 0 Å². The fraction of sp³-hybridized carbons (Fsp3) is 0.417. The fourth-order valence-electron chi connectivity index (χ4n) is 1.83. The van der Waals surface area contributed by atoms with Crippen LogP contribution in [0.1, 0.15) is 19.4 Å². The molecule has 0 aromatic heterocycles. The first-order valence-electron chi connectivity index (χ1n) is 5.35. The van der Waals surface area contributed by atoms with Gasteiger partial charge >= 0.3 is 112 Å². The van der Waals surface area contributed by atoms with Crippen molar-refractivity contribution in [1.29, 1.82) is 0 Å². The Morgan fingerprint density at radius 2 is 2.06 bits per heavy atom. The van der Waals surface area contributed by atoms with Crippen LogP contribution in [-0.2, 0) is 13.9 Å². The molecule has 1 aromatic rings. The molecule has 0 fully saturated rings. The summed E-state index contributed by atoms with van der Waals surface area (Å²) in [5, 5.41) is 0. The third-order valence-corrected chi connectivity index (χ3v) is 12.9. The second kappa shape index (κ2) is 5.62. The summed E-state index contributed by atoms with van der Waals surface area (Å²) in [6.45, 7) is 3.62. The van der Waals surface area contributed by atoms with Crippen molar-refractivity contribution < 1.29 is 7.48 Å². The molecular weight excluding hydrogens is 463 g/mol. The Bertz CT molecular complexity index is 402. The Morgan fingerprint density at radius 1 is 1.44 bits per heavy atom. The van der Waals surface area contributed by atoms with Crippen LogP contribution < -0.4 is 3.12 Å². The molecule has 88 valence electrons. The molecule has 0 aliphatic rings. The Labute approximate surface area is 111 Å². The first-order valence-corrected chi connectivity index (χ1v) is 17.4. The number of hydrogen-bond acceptors (Lipinski definition) is 2. The van der Waals surface area contributed by atoms with E-state index in [1.807, 2.05) is 6.07 Å². The third kappa shape index (κ3) is 3.55. The van der Waals surface area contributed by atoms with Crippen LogP contribution in [0.4, 0.5) is 0 Å². The second-order valence-electron chi connectivity index (χ2n) is 4.26. The van der Waals surface area contributed by atoms with Gasteiger partial charge in [-0.1, -0.05) is 0 Å². The monoisotopic (exact) mass is 480 g/mol. The summed E-state index contributed by atoms with van der Waals surface area (Å²) in [4.78, 5) is 11.1. The molecule has 0 saturated heterocycles. The van der Waals surface area contributed by atoms with Crippen LogP contribution in [0.2, 0.25) is 8.97 Å². The number of carbonyl (C=O) groups is 1. The quantitative estimate of drug-likeness (QED) is 0.623. The molecule has 0 N–H and O–H groups in total. The summed E-state index contributed by atoms with van der Waals surface area (Å²) in [5.41, 5.74) is 1.30. The zero-order valence-electron chi connectivity index (χ0n) is 10.1.